The van der Waals surface area contributed by atoms with Crippen LogP contribution in [-0.2, 0) is 11.3 Å². The molecule has 0 saturated carbocycles. The number of aromatic nitrogens is 4. The molecular weight excluding hydrogens is 316 g/mol. The van der Waals surface area contributed by atoms with Gasteiger partial charge in [0.15, 0.2) is 0 Å². The second kappa shape index (κ2) is 7.41. The molecule has 0 radical (unpaired) electrons. The molecule has 1 aliphatic heterocycles. The average Bonchev–Trinajstić information content (AvgIpc) is 3.22. The van der Waals surface area contributed by atoms with Crippen LogP contribution in [-0.4, -0.2) is 45.7 Å². The van der Waals surface area contributed by atoms with E-state index in [2.05, 4.69) is 31.8 Å². The molecule has 1 N–H and O–H groups in total. The maximum atomic E-state index is 11.9. The van der Waals surface area contributed by atoms with Crippen molar-refractivity contribution in [1.82, 2.24) is 25.5 Å². The van der Waals surface area contributed by atoms with Crippen LogP contribution in [0.25, 0.3) is 0 Å². The summed E-state index contributed by atoms with van der Waals surface area (Å²) in [5.41, 5.74) is 1.14. The second-order valence-corrected chi connectivity index (χ2v) is 6.14. The second-order valence-electron chi connectivity index (χ2n) is 5.71. The quantitative estimate of drug-likeness (QED) is 0.863. The van der Waals surface area contributed by atoms with Gasteiger partial charge in [0.05, 0.1) is 6.54 Å². The molecule has 8 heteroatoms. The van der Waals surface area contributed by atoms with Crippen molar-refractivity contribution in [3.63, 3.8) is 0 Å². The summed E-state index contributed by atoms with van der Waals surface area (Å²) in [6.07, 6.45) is 2.96. The standard InChI is InChI=1S/C15H19ClN6O/c16-13-2-1-3-14(8-13)21-6-4-12(10-21)9-17-15(23)5-7-22-11-18-19-20-22/h1-3,8,11-12H,4-7,9-10H2,(H,17,23). The summed E-state index contributed by atoms with van der Waals surface area (Å²) in [4.78, 5) is 14.2. The molecule has 1 aromatic carbocycles. The zero-order chi connectivity index (χ0) is 16.1. The fraction of sp³-hybridized carbons (Fsp3) is 0.467. The molecule has 2 heterocycles. The van der Waals surface area contributed by atoms with Gasteiger partial charge >= 0.3 is 0 Å². The van der Waals surface area contributed by atoms with Crippen molar-refractivity contribution in [3.05, 3.63) is 35.6 Å². The lowest BCUT2D eigenvalue weighted by Crippen LogP contribution is -2.31. The Bertz CT molecular complexity index is 647. The minimum Gasteiger partial charge on any atom is -0.371 e. The predicted octanol–water partition coefficient (Wildman–Crippen LogP) is 1.36. The highest BCUT2D eigenvalue weighted by Gasteiger charge is 2.23. The summed E-state index contributed by atoms with van der Waals surface area (Å²) in [6, 6.07) is 7.89. The Morgan fingerprint density at radius 1 is 1.43 bits per heavy atom. The lowest BCUT2D eigenvalue weighted by atomic mass is 10.1. The Labute approximate surface area is 139 Å². The average molecular weight is 335 g/mol. The number of carbonyl (C=O) groups excluding carboxylic acids is 1. The highest BCUT2D eigenvalue weighted by molar-refractivity contribution is 6.30. The van der Waals surface area contributed by atoms with Gasteiger partial charge in [0.1, 0.15) is 6.33 Å². The van der Waals surface area contributed by atoms with Gasteiger partial charge in [0.25, 0.3) is 0 Å². The largest absolute Gasteiger partial charge is 0.371 e. The molecule has 23 heavy (non-hydrogen) atoms. The van der Waals surface area contributed by atoms with E-state index in [1.54, 1.807) is 4.68 Å². The molecular formula is C15H19ClN6O. The molecule has 1 aromatic heterocycles. The maximum absolute atomic E-state index is 11.9. The summed E-state index contributed by atoms with van der Waals surface area (Å²) < 4.78 is 1.55. The zero-order valence-corrected chi connectivity index (χ0v) is 13.5. The van der Waals surface area contributed by atoms with E-state index in [0.29, 0.717) is 25.4 Å². The lowest BCUT2D eigenvalue weighted by molar-refractivity contribution is -0.121. The van der Waals surface area contributed by atoms with Crippen molar-refractivity contribution in [2.45, 2.75) is 19.4 Å². The molecule has 1 unspecified atom stereocenters. The highest BCUT2D eigenvalue weighted by Crippen LogP contribution is 2.25. The van der Waals surface area contributed by atoms with Crippen molar-refractivity contribution < 1.29 is 4.79 Å². The minimum absolute atomic E-state index is 0.0294. The van der Waals surface area contributed by atoms with Crippen LogP contribution in [0.2, 0.25) is 5.02 Å². The van der Waals surface area contributed by atoms with Crippen LogP contribution in [0.3, 0.4) is 0 Å². The number of anilines is 1. The number of rotatable bonds is 6. The molecule has 2 aromatic rings. The molecule has 122 valence electrons. The van der Waals surface area contributed by atoms with Gasteiger partial charge in [-0.05, 0) is 41.0 Å². The molecule has 1 atom stereocenters. The van der Waals surface area contributed by atoms with Crippen molar-refractivity contribution in [2.24, 2.45) is 5.92 Å². The van der Waals surface area contributed by atoms with Gasteiger partial charge in [-0.25, -0.2) is 4.68 Å². The van der Waals surface area contributed by atoms with E-state index in [0.717, 1.165) is 30.2 Å². The molecule has 1 aliphatic rings. The fourth-order valence-electron chi connectivity index (χ4n) is 2.75. The number of hydrogen-bond donors (Lipinski definition) is 1. The number of carbonyl (C=O) groups is 1. The van der Waals surface area contributed by atoms with Gasteiger partial charge in [-0.15, -0.1) is 5.10 Å². The third-order valence-electron chi connectivity index (χ3n) is 4.01. The molecule has 0 spiro atoms. The number of aryl methyl sites for hydroxylation is 1. The van der Waals surface area contributed by atoms with E-state index in [9.17, 15) is 4.79 Å². The molecule has 0 bridgehead atoms. The van der Waals surface area contributed by atoms with Gasteiger partial charge in [-0.2, -0.15) is 0 Å². The molecule has 0 aliphatic carbocycles. The van der Waals surface area contributed by atoms with Crippen molar-refractivity contribution in [3.8, 4) is 0 Å². The van der Waals surface area contributed by atoms with Crippen LogP contribution in [0.15, 0.2) is 30.6 Å². The molecule has 7 nitrogen and oxygen atoms in total. The number of nitrogens with zero attached hydrogens (tertiary/aromatic N) is 5. The zero-order valence-electron chi connectivity index (χ0n) is 12.7. The fourth-order valence-corrected chi connectivity index (χ4v) is 2.94. The monoisotopic (exact) mass is 334 g/mol. The number of nitrogens with one attached hydrogen (secondary N) is 1. The normalized spacial score (nSPS) is 17.4. The Balaban J connectivity index is 1.40. The smallest absolute Gasteiger partial charge is 0.221 e. The van der Waals surface area contributed by atoms with Crippen molar-refractivity contribution >= 4 is 23.2 Å². The van der Waals surface area contributed by atoms with Crippen LogP contribution < -0.4 is 10.2 Å². The van der Waals surface area contributed by atoms with Crippen LogP contribution in [0.4, 0.5) is 5.69 Å². The molecule has 1 saturated heterocycles. The first kappa shape index (κ1) is 15.7. The van der Waals surface area contributed by atoms with Crippen molar-refractivity contribution in [2.75, 3.05) is 24.5 Å². The SMILES string of the molecule is O=C(CCn1cnnn1)NCC1CCN(c2cccc(Cl)c2)C1. The Hall–Kier alpha value is -2.15. The third-order valence-corrected chi connectivity index (χ3v) is 4.24. The number of halogens is 1. The van der Waals surface area contributed by atoms with E-state index in [1.807, 2.05) is 18.2 Å². The van der Waals surface area contributed by atoms with E-state index >= 15 is 0 Å². The van der Waals surface area contributed by atoms with Gasteiger partial charge in [-0.1, -0.05) is 17.7 Å². The van der Waals surface area contributed by atoms with Gasteiger partial charge in [-0.3, -0.25) is 4.79 Å². The predicted molar refractivity (Wildman–Crippen MR) is 87.2 cm³/mol. The highest BCUT2D eigenvalue weighted by atomic mass is 35.5. The number of tetrazole rings is 1. The number of benzene rings is 1. The summed E-state index contributed by atoms with van der Waals surface area (Å²) in [7, 11) is 0. The van der Waals surface area contributed by atoms with Crippen LogP contribution in [0, 0.1) is 5.92 Å². The summed E-state index contributed by atoms with van der Waals surface area (Å²) in [5, 5.41) is 14.6. The first-order valence-electron chi connectivity index (χ1n) is 7.69. The van der Waals surface area contributed by atoms with Crippen LogP contribution in [0.5, 0.6) is 0 Å². The molecule has 3 rings (SSSR count). The van der Waals surface area contributed by atoms with E-state index in [4.69, 9.17) is 11.6 Å². The van der Waals surface area contributed by atoms with Crippen LogP contribution >= 0.6 is 11.6 Å². The topological polar surface area (TPSA) is 75.9 Å². The van der Waals surface area contributed by atoms with Crippen molar-refractivity contribution in [1.29, 1.82) is 0 Å². The number of hydrogen-bond acceptors (Lipinski definition) is 5. The first-order valence-corrected chi connectivity index (χ1v) is 8.06. The summed E-state index contributed by atoms with van der Waals surface area (Å²) >= 11 is 6.04. The lowest BCUT2D eigenvalue weighted by Gasteiger charge is -2.19. The van der Waals surface area contributed by atoms with Gasteiger partial charge in [0.2, 0.25) is 5.91 Å². The van der Waals surface area contributed by atoms with E-state index in [-0.39, 0.29) is 5.91 Å². The maximum Gasteiger partial charge on any atom is 0.221 e. The first-order chi connectivity index (χ1) is 11.2. The Kier molecular flexibility index (Phi) is 5.07. The van der Waals surface area contributed by atoms with Gasteiger partial charge < -0.3 is 10.2 Å². The number of amides is 1. The third kappa shape index (κ3) is 4.41. The van der Waals surface area contributed by atoms with Gasteiger partial charge in [0, 0.05) is 36.8 Å². The molecule has 1 fully saturated rings. The summed E-state index contributed by atoms with van der Waals surface area (Å²) in [6.45, 7) is 3.13. The minimum atomic E-state index is 0.0294. The van der Waals surface area contributed by atoms with E-state index < -0.39 is 0 Å². The summed E-state index contributed by atoms with van der Waals surface area (Å²) in [5.74, 6) is 0.493. The Morgan fingerprint density at radius 3 is 3.13 bits per heavy atom. The van der Waals surface area contributed by atoms with Crippen LogP contribution in [0.1, 0.15) is 12.8 Å². The Morgan fingerprint density at radius 2 is 2.35 bits per heavy atom. The molecule has 1 amide bonds. The van der Waals surface area contributed by atoms with E-state index in [1.165, 1.54) is 6.33 Å².